The fraction of sp³-hybridized carbons (Fsp3) is 0.933. The minimum atomic E-state index is 0.316. The Hall–Kier alpha value is -0.610. The highest BCUT2D eigenvalue weighted by molar-refractivity contribution is 5.76. The molecule has 0 saturated carbocycles. The van der Waals surface area contributed by atoms with Gasteiger partial charge in [0.2, 0.25) is 5.91 Å². The zero-order valence-electron chi connectivity index (χ0n) is 12.0. The van der Waals surface area contributed by atoms with Crippen LogP contribution in [0.5, 0.6) is 0 Å². The van der Waals surface area contributed by atoms with E-state index in [1.165, 1.54) is 19.3 Å². The Labute approximate surface area is 116 Å². The number of piperidine rings is 1. The minimum absolute atomic E-state index is 0.316. The van der Waals surface area contributed by atoms with Crippen molar-refractivity contribution in [2.75, 3.05) is 26.2 Å². The molecule has 2 heterocycles. The standard InChI is InChI=1S/C15H28N2O2/c16-9-8-13-4-3-10-17(12-13)15(18)7-6-14-5-1-2-11-19-14/h13-14H,1-12,16H2. The van der Waals surface area contributed by atoms with E-state index in [0.29, 0.717) is 24.3 Å². The van der Waals surface area contributed by atoms with Gasteiger partial charge in [-0.1, -0.05) is 0 Å². The topological polar surface area (TPSA) is 55.6 Å². The summed E-state index contributed by atoms with van der Waals surface area (Å²) in [6.45, 7) is 3.47. The number of ether oxygens (including phenoxy) is 1. The molecular weight excluding hydrogens is 240 g/mol. The van der Waals surface area contributed by atoms with E-state index in [1.54, 1.807) is 0 Å². The van der Waals surface area contributed by atoms with Crippen molar-refractivity contribution in [3.63, 3.8) is 0 Å². The third-order valence-corrected chi connectivity index (χ3v) is 4.40. The fourth-order valence-corrected chi connectivity index (χ4v) is 3.24. The maximum Gasteiger partial charge on any atom is 0.222 e. The highest BCUT2D eigenvalue weighted by atomic mass is 16.5. The van der Waals surface area contributed by atoms with E-state index < -0.39 is 0 Å². The van der Waals surface area contributed by atoms with Crippen LogP contribution in [-0.2, 0) is 9.53 Å². The normalized spacial score (nSPS) is 28.4. The van der Waals surface area contributed by atoms with E-state index in [4.69, 9.17) is 10.5 Å². The van der Waals surface area contributed by atoms with Gasteiger partial charge < -0.3 is 15.4 Å². The zero-order chi connectivity index (χ0) is 13.5. The van der Waals surface area contributed by atoms with Gasteiger partial charge in [-0.05, 0) is 57.4 Å². The number of hydrogen-bond acceptors (Lipinski definition) is 3. The number of rotatable bonds is 5. The summed E-state index contributed by atoms with van der Waals surface area (Å²) >= 11 is 0. The molecule has 0 aromatic carbocycles. The molecule has 0 aliphatic carbocycles. The Balaban J connectivity index is 1.69. The van der Waals surface area contributed by atoms with Crippen LogP contribution < -0.4 is 5.73 Å². The highest BCUT2D eigenvalue weighted by Gasteiger charge is 2.24. The largest absolute Gasteiger partial charge is 0.378 e. The number of nitrogens with two attached hydrogens (primary N) is 1. The van der Waals surface area contributed by atoms with Gasteiger partial charge in [-0.3, -0.25) is 4.79 Å². The Morgan fingerprint density at radius 2 is 2.11 bits per heavy atom. The lowest BCUT2D eigenvalue weighted by atomic mass is 9.94. The smallest absolute Gasteiger partial charge is 0.222 e. The Morgan fingerprint density at radius 1 is 1.21 bits per heavy atom. The van der Waals surface area contributed by atoms with E-state index >= 15 is 0 Å². The lowest BCUT2D eigenvalue weighted by molar-refractivity contribution is -0.134. The van der Waals surface area contributed by atoms with Crippen molar-refractivity contribution in [3.8, 4) is 0 Å². The zero-order valence-corrected chi connectivity index (χ0v) is 12.0. The van der Waals surface area contributed by atoms with E-state index in [0.717, 1.165) is 51.9 Å². The minimum Gasteiger partial charge on any atom is -0.378 e. The number of carbonyl (C=O) groups excluding carboxylic acids is 1. The van der Waals surface area contributed by atoms with Crippen LogP contribution in [-0.4, -0.2) is 43.2 Å². The summed E-state index contributed by atoms with van der Waals surface area (Å²) < 4.78 is 5.69. The molecule has 0 spiro atoms. The third-order valence-electron chi connectivity index (χ3n) is 4.40. The van der Waals surface area contributed by atoms with Crippen LogP contribution in [0.2, 0.25) is 0 Å². The molecule has 2 N–H and O–H groups in total. The van der Waals surface area contributed by atoms with Crippen LogP contribution in [0.3, 0.4) is 0 Å². The summed E-state index contributed by atoms with van der Waals surface area (Å²) in [5, 5.41) is 0. The van der Waals surface area contributed by atoms with Gasteiger partial charge in [0.15, 0.2) is 0 Å². The first-order valence-electron chi connectivity index (χ1n) is 7.89. The Kier molecular flexibility index (Phi) is 6.11. The molecule has 2 aliphatic heterocycles. The van der Waals surface area contributed by atoms with Crippen LogP contribution in [0.15, 0.2) is 0 Å². The molecule has 2 rings (SSSR count). The summed E-state index contributed by atoms with van der Waals surface area (Å²) in [6.07, 6.45) is 8.85. The maximum absolute atomic E-state index is 12.2. The number of likely N-dealkylation sites (tertiary alicyclic amines) is 1. The molecule has 19 heavy (non-hydrogen) atoms. The summed E-state index contributed by atoms with van der Waals surface area (Å²) in [5.74, 6) is 0.935. The molecule has 0 aromatic rings. The second-order valence-electron chi connectivity index (χ2n) is 5.95. The lowest BCUT2D eigenvalue weighted by Gasteiger charge is -2.33. The van der Waals surface area contributed by atoms with E-state index in [-0.39, 0.29) is 0 Å². The molecule has 4 nitrogen and oxygen atoms in total. The highest BCUT2D eigenvalue weighted by Crippen LogP contribution is 2.21. The molecule has 2 aliphatic rings. The van der Waals surface area contributed by atoms with Crippen LogP contribution >= 0.6 is 0 Å². The Morgan fingerprint density at radius 3 is 2.84 bits per heavy atom. The second kappa shape index (κ2) is 7.85. The van der Waals surface area contributed by atoms with Crippen molar-refractivity contribution in [2.45, 2.75) is 57.5 Å². The van der Waals surface area contributed by atoms with Crippen molar-refractivity contribution >= 4 is 5.91 Å². The molecule has 4 heteroatoms. The molecular formula is C15H28N2O2. The molecule has 0 bridgehead atoms. The molecule has 2 unspecified atom stereocenters. The quantitative estimate of drug-likeness (QED) is 0.829. The Bertz CT molecular complexity index is 275. The van der Waals surface area contributed by atoms with Crippen LogP contribution in [0.1, 0.15) is 51.4 Å². The second-order valence-corrected chi connectivity index (χ2v) is 5.95. The fourth-order valence-electron chi connectivity index (χ4n) is 3.24. The van der Waals surface area contributed by atoms with Gasteiger partial charge in [0.05, 0.1) is 6.10 Å². The first-order valence-corrected chi connectivity index (χ1v) is 7.89. The molecule has 110 valence electrons. The van der Waals surface area contributed by atoms with Gasteiger partial charge in [0.25, 0.3) is 0 Å². The number of hydrogen-bond donors (Lipinski definition) is 1. The predicted molar refractivity (Wildman–Crippen MR) is 75.8 cm³/mol. The molecule has 2 atom stereocenters. The van der Waals surface area contributed by atoms with Crippen molar-refractivity contribution in [1.82, 2.24) is 4.90 Å². The van der Waals surface area contributed by atoms with Crippen LogP contribution in [0, 0.1) is 5.92 Å². The average Bonchev–Trinajstić information content (AvgIpc) is 2.46. The van der Waals surface area contributed by atoms with Crippen LogP contribution in [0.4, 0.5) is 0 Å². The van der Waals surface area contributed by atoms with E-state index in [9.17, 15) is 4.79 Å². The van der Waals surface area contributed by atoms with Gasteiger partial charge in [-0.15, -0.1) is 0 Å². The average molecular weight is 268 g/mol. The van der Waals surface area contributed by atoms with Crippen LogP contribution in [0.25, 0.3) is 0 Å². The monoisotopic (exact) mass is 268 g/mol. The molecule has 0 radical (unpaired) electrons. The van der Waals surface area contributed by atoms with Crippen molar-refractivity contribution in [2.24, 2.45) is 11.7 Å². The molecule has 2 saturated heterocycles. The molecule has 0 aromatic heterocycles. The predicted octanol–water partition coefficient (Wildman–Crippen LogP) is 1.92. The summed E-state index contributed by atoms with van der Waals surface area (Å²) in [4.78, 5) is 14.3. The van der Waals surface area contributed by atoms with E-state index in [2.05, 4.69) is 0 Å². The molecule has 1 amide bonds. The van der Waals surface area contributed by atoms with Gasteiger partial charge in [0.1, 0.15) is 0 Å². The van der Waals surface area contributed by atoms with E-state index in [1.807, 2.05) is 4.90 Å². The summed E-state index contributed by atoms with van der Waals surface area (Å²) in [6, 6.07) is 0. The van der Waals surface area contributed by atoms with Gasteiger partial charge in [0, 0.05) is 26.1 Å². The third kappa shape index (κ3) is 4.77. The summed E-state index contributed by atoms with van der Waals surface area (Å²) in [7, 11) is 0. The van der Waals surface area contributed by atoms with Crippen molar-refractivity contribution in [1.29, 1.82) is 0 Å². The lowest BCUT2D eigenvalue weighted by Crippen LogP contribution is -2.40. The van der Waals surface area contributed by atoms with Crippen molar-refractivity contribution in [3.05, 3.63) is 0 Å². The van der Waals surface area contributed by atoms with Crippen molar-refractivity contribution < 1.29 is 9.53 Å². The first kappa shape index (κ1) is 14.8. The number of amides is 1. The summed E-state index contributed by atoms with van der Waals surface area (Å²) in [5.41, 5.74) is 5.62. The number of carbonyl (C=O) groups is 1. The van der Waals surface area contributed by atoms with Gasteiger partial charge in [-0.2, -0.15) is 0 Å². The first-order chi connectivity index (χ1) is 9.29. The number of nitrogens with zero attached hydrogens (tertiary/aromatic N) is 1. The van der Waals surface area contributed by atoms with Gasteiger partial charge in [-0.25, -0.2) is 0 Å². The maximum atomic E-state index is 12.2. The molecule has 2 fully saturated rings. The SMILES string of the molecule is NCCC1CCCN(C(=O)CCC2CCCCO2)C1. The van der Waals surface area contributed by atoms with Gasteiger partial charge >= 0.3 is 0 Å².